The fraction of sp³-hybridized carbons (Fsp3) is 0.200. The number of hydrogen-bond acceptors (Lipinski definition) is 4. The second kappa shape index (κ2) is 5.96. The van der Waals surface area contributed by atoms with Gasteiger partial charge in [0, 0.05) is 18.0 Å². The molecule has 2 aromatic rings. The van der Waals surface area contributed by atoms with Gasteiger partial charge in [0.25, 0.3) is 5.91 Å². The molecule has 2 heterocycles. The zero-order valence-electron chi connectivity index (χ0n) is 12.5. The highest BCUT2D eigenvalue weighted by Crippen LogP contribution is 2.28. The van der Waals surface area contributed by atoms with Crippen LogP contribution in [0.3, 0.4) is 0 Å². The Hall–Kier alpha value is -3.30. The number of carboxylic acid groups (broad SMARTS) is 1. The van der Waals surface area contributed by atoms with E-state index < -0.39 is 52.5 Å². The van der Waals surface area contributed by atoms with Gasteiger partial charge in [-0.3, -0.25) is 19.7 Å². The molecule has 25 heavy (non-hydrogen) atoms. The zero-order valence-corrected chi connectivity index (χ0v) is 12.5. The first kappa shape index (κ1) is 16.6. The third kappa shape index (κ3) is 2.71. The minimum Gasteiger partial charge on any atom is -0.478 e. The Balaban J connectivity index is 2.07. The fourth-order valence-electron chi connectivity index (χ4n) is 2.71. The Morgan fingerprint density at radius 3 is 2.56 bits per heavy atom. The number of carbonyl (C=O) groups excluding carboxylic acids is 3. The number of aromatic amines is 1. The van der Waals surface area contributed by atoms with Crippen molar-refractivity contribution in [2.75, 3.05) is 0 Å². The van der Waals surface area contributed by atoms with E-state index in [0.29, 0.717) is 0 Å². The Morgan fingerprint density at radius 2 is 1.92 bits per heavy atom. The molecule has 10 heteroatoms. The van der Waals surface area contributed by atoms with Crippen LogP contribution in [-0.2, 0) is 9.59 Å². The number of benzene rings is 1. The van der Waals surface area contributed by atoms with E-state index in [1.807, 2.05) is 5.32 Å². The summed E-state index contributed by atoms with van der Waals surface area (Å²) in [5.74, 6) is -7.23. The van der Waals surface area contributed by atoms with Crippen molar-refractivity contribution in [3.8, 4) is 0 Å². The monoisotopic (exact) mass is 351 g/mol. The van der Waals surface area contributed by atoms with Crippen molar-refractivity contribution in [3.05, 3.63) is 35.0 Å². The Bertz CT molecular complexity index is 937. The summed E-state index contributed by atoms with van der Waals surface area (Å²) < 4.78 is 28.1. The molecule has 1 atom stereocenters. The van der Waals surface area contributed by atoms with Gasteiger partial charge in [0.05, 0.1) is 11.1 Å². The molecule has 1 aromatic carbocycles. The molecule has 0 spiro atoms. The Morgan fingerprint density at radius 1 is 1.20 bits per heavy atom. The van der Waals surface area contributed by atoms with Crippen LogP contribution in [0.1, 0.15) is 33.6 Å². The number of carboxylic acids is 1. The van der Waals surface area contributed by atoms with E-state index in [-0.39, 0.29) is 23.7 Å². The van der Waals surface area contributed by atoms with Crippen molar-refractivity contribution >= 4 is 34.6 Å². The van der Waals surface area contributed by atoms with Crippen LogP contribution in [0.2, 0.25) is 0 Å². The lowest BCUT2D eigenvalue weighted by molar-refractivity contribution is -0.134. The summed E-state index contributed by atoms with van der Waals surface area (Å²) in [6, 6.07) is 0.0623. The molecule has 1 fully saturated rings. The highest BCUT2D eigenvalue weighted by molar-refractivity contribution is 6.14. The minimum absolute atomic E-state index is 0.0103. The molecule has 1 unspecified atom stereocenters. The van der Waals surface area contributed by atoms with Gasteiger partial charge in [-0.2, -0.15) is 0 Å². The number of hydrogen-bond donors (Lipinski definition) is 4. The first-order valence-corrected chi connectivity index (χ1v) is 7.17. The maximum Gasteiger partial charge on any atom is 0.339 e. The van der Waals surface area contributed by atoms with E-state index in [2.05, 4.69) is 10.3 Å². The van der Waals surface area contributed by atoms with E-state index >= 15 is 0 Å². The number of piperidine rings is 1. The fourth-order valence-corrected chi connectivity index (χ4v) is 2.71. The first-order chi connectivity index (χ1) is 11.8. The van der Waals surface area contributed by atoms with Gasteiger partial charge in [0.1, 0.15) is 11.6 Å². The molecule has 0 saturated carbocycles. The molecule has 0 radical (unpaired) electrons. The van der Waals surface area contributed by atoms with E-state index in [4.69, 9.17) is 0 Å². The van der Waals surface area contributed by atoms with Gasteiger partial charge in [-0.25, -0.2) is 13.6 Å². The van der Waals surface area contributed by atoms with Gasteiger partial charge in [0.15, 0.2) is 11.6 Å². The third-order valence-corrected chi connectivity index (χ3v) is 3.88. The number of aromatic nitrogens is 1. The smallest absolute Gasteiger partial charge is 0.339 e. The highest BCUT2D eigenvalue weighted by Gasteiger charge is 2.33. The highest BCUT2D eigenvalue weighted by atomic mass is 19.2. The molecule has 1 aliphatic heterocycles. The molecule has 1 aliphatic rings. The number of amides is 3. The maximum atomic E-state index is 14.1. The Kier molecular flexibility index (Phi) is 3.95. The second-order valence-corrected chi connectivity index (χ2v) is 5.43. The summed E-state index contributed by atoms with van der Waals surface area (Å²) in [6.45, 7) is 0. The van der Waals surface area contributed by atoms with Crippen LogP contribution in [0.5, 0.6) is 0 Å². The van der Waals surface area contributed by atoms with Crippen LogP contribution in [0.4, 0.5) is 8.78 Å². The van der Waals surface area contributed by atoms with Gasteiger partial charge in [0.2, 0.25) is 11.8 Å². The molecular formula is C15H11F2N3O5. The maximum absolute atomic E-state index is 14.1. The van der Waals surface area contributed by atoms with Gasteiger partial charge in [-0.05, 0) is 12.5 Å². The number of H-pyrrole nitrogens is 1. The zero-order chi connectivity index (χ0) is 18.3. The van der Waals surface area contributed by atoms with Gasteiger partial charge in [-0.15, -0.1) is 0 Å². The lowest BCUT2D eigenvalue weighted by Gasteiger charge is -2.22. The van der Waals surface area contributed by atoms with Crippen molar-refractivity contribution in [1.82, 2.24) is 15.6 Å². The number of imide groups is 1. The summed E-state index contributed by atoms with van der Waals surface area (Å²) in [4.78, 5) is 49.2. The van der Waals surface area contributed by atoms with Crippen molar-refractivity contribution in [2.45, 2.75) is 18.9 Å². The average Bonchev–Trinajstić information content (AvgIpc) is 3.02. The second-order valence-electron chi connectivity index (χ2n) is 5.43. The predicted octanol–water partition coefficient (Wildman–Crippen LogP) is 0.679. The number of fused-ring (bicyclic) bond motifs is 1. The summed E-state index contributed by atoms with van der Waals surface area (Å²) >= 11 is 0. The lowest BCUT2D eigenvalue weighted by Crippen LogP contribution is -2.52. The number of aromatic carboxylic acids is 1. The number of nitrogens with one attached hydrogen (secondary N) is 3. The molecular weight excluding hydrogens is 340 g/mol. The van der Waals surface area contributed by atoms with Gasteiger partial charge in [-0.1, -0.05) is 0 Å². The predicted molar refractivity (Wildman–Crippen MR) is 78.8 cm³/mol. The van der Waals surface area contributed by atoms with Crippen LogP contribution >= 0.6 is 0 Å². The van der Waals surface area contributed by atoms with Gasteiger partial charge < -0.3 is 15.4 Å². The molecule has 3 amide bonds. The first-order valence-electron chi connectivity index (χ1n) is 7.17. The average molecular weight is 351 g/mol. The number of carbonyl (C=O) groups is 4. The molecule has 0 aliphatic carbocycles. The number of halogens is 2. The van der Waals surface area contributed by atoms with Crippen LogP contribution in [0.25, 0.3) is 10.9 Å². The standard InChI is InChI=1S/C15H11F2N3O5/c16-10-5-3-4-18-12(5)9(8(11(10)17)15(24)25)14(23)19-6-1-2-7(21)20-13(6)22/h3-4,6,18H,1-2H2,(H,19,23)(H,24,25)(H,20,21,22). The van der Waals surface area contributed by atoms with Crippen LogP contribution < -0.4 is 10.6 Å². The molecule has 3 rings (SSSR count). The summed E-state index contributed by atoms with van der Waals surface area (Å²) in [7, 11) is 0. The molecule has 1 saturated heterocycles. The summed E-state index contributed by atoms with van der Waals surface area (Å²) in [5.41, 5.74) is -1.98. The van der Waals surface area contributed by atoms with E-state index in [1.54, 1.807) is 0 Å². The van der Waals surface area contributed by atoms with E-state index in [1.165, 1.54) is 6.20 Å². The third-order valence-electron chi connectivity index (χ3n) is 3.88. The normalized spacial score (nSPS) is 17.4. The molecule has 8 nitrogen and oxygen atoms in total. The van der Waals surface area contributed by atoms with Crippen molar-refractivity contribution in [1.29, 1.82) is 0 Å². The molecule has 1 aromatic heterocycles. The van der Waals surface area contributed by atoms with Gasteiger partial charge >= 0.3 is 5.97 Å². The topological polar surface area (TPSA) is 128 Å². The lowest BCUT2D eigenvalue weighted by atomic mass is 10.00. The van der Waals surface area contributed by atoms with E-state index in [0.717, 1.165) is 6.07 Å². The summed E-state index contributed by atoms with van der Waals surface area (Å²) in [6.07, 6.45) is 1.22. The minimum atomic E-state index is -1.83. The molecule has 130 valence electrons. The summed E-state index contributed by atoms with van der Waals surface area (Å²) in [5, 5.41) is 13.2. The number of rotatable bonds is 3. The Labute approximate surface area is 138 Å². The van der Waals surface area contributed by atoms with E-state index in [9.17, 15) is 33.1 Å². The van der Waals surface area contributed by atoms with Crippen molar-refractivity contribution in [3.63, 3.8) is 0 Å². The quantitative estimate of drug-likeness (QED) is 0.605. The van der Waals surface area contributed by atoms with Crippen LogP contribution in [-0.4, -0.2) is 39.8 Å². The molecule has 0 bridgehead atoms. The molecule has 4 N–H and O–H groups in total. The van der Waals surface area contributed by atoms with Crippen molar-refractivity contribution in [2.24, 2.45) is 0 Å². The SMILES string of the molecule is O=C1CCC(NC(=O)c2c(C(=O)O)c(F)c(F)c3cc[nH]c23)C(=O)N1. The largest absolute Gasteiger partial charge is 0.478 e. The van der Waals surface area contributed by atoms with Crippen LogP contribution in [0, 0.1) is 11.6 Å². The van der Waals surface area contributed by atoms with Crippen LogP contribution in [0.15, 0.2) is 12.3 Å². The van der Waals surface area contributed by atoms with Crippen molar-refractivity contribution < 1.29 is 33.1 Å².